The first-order chi connectivity index (χ1) is 13.3. The second-order valence-electron chi connectivity index (χ2n) is 6.54. The van der Waals surface area contributed by atoms with Gasteiger partial charge in [-0.2, -0.15) is 0 Å². The van der Waals surface area contributed by atoms with E-state index in [9.17, 15) is 0 Å². The summed E-state index contributed by atoms with van der Waals surface area (Å²) in [6.45, 7) is 2.89. The number of nitrogens with one attached hydrogen (secondary N) is 1. The number of aliphatic hydroxyl groups excluding tert-OH is 1. The number of hydrogen-bond donors (Lipinski definition) is 2. The first-order valence-electron chi connectivity index (χ1n) is 9.11. The topological polar surface area (TPSA) is 63.0 Å². The fraction of sp³-hybridized carbons (Fsp3) is 0.182. The van der Waals surface area contributed by atoms with E-state index in [-0.39, 0.29) is 6.61 Å². The molecule has 2 aromatic heterocycles. The van der Waals surface area contributed by atoms with Crippen molar-refractivity contribution in [3.8, 4) is 16.8 Å². The molecule has 4 rings (SSSR count). The van der Waals surface area contributed by atoms with Crippen molar-refractivity contribution in [2.24, 2.45) is 0 Å². The Morgan fingerprint density at radius 3 is 2.52 bits per heavy atom. The van der Waals surface area contributed by atoms with Gasteiger partial charge in [-0.15, -0.1) is 0 Å². The van der Waals surface area contributed by atoms with Gasteiger partial charge >= 0.3 is 0 Å². The monoisotopic (exact) mass is 358 g/mol. The summed E-state index contributed by atoms with van der Waals surface area (Å²) in [5.41, 5.74) is 5.35. The Bertz CT molecular complexity index is 1040. The van der Waals surface area contributed by atoms with Crippen molar-refractivity contribution in [2.75, 3.05) is 18.5 Å². The average molecular weight is 358 g/mol. The van der Waals surface area contributed by atoms with Crippen molar-refractivity contribution < 1.29 is 5.11 Å². The van der Waals surface area contributed by atoms with Crippen LogP contribution in [-0.2, 0) is 0 Å². The largest absolute Gasteiger partial charge is 0.396 e. The summed E-state index contributed by atoms with van der Waals surface area (Å²) in [5, 5.41) is 13.4. The molecule has 2 aromatic carbocycles. The SMILES string of the molecule is Cc1ccc(-n2cc(-c3ccccc3)c3c(NCCCO)ncnc32)cc1. The minimum Gasteiger partial charge on any atom is -0.396 e. The van der Waals surface area contributed by atoms with Gasteiger partial charge < -0.3 is 15.0 Å². The molecular weight excluding hydrogens is 336 g/mol. The standard InChI is InChI=1S/C22H22N4O/c1-16-8-10-18(11-9-16)26-14-19(17-6-3-2-4-7-17)20-21(23-12-5-13-27)24-15-25-22(20)26/h2-4,6-11,14-15,27H,5,12-13H2,1H3,(H,23,24,25). The van der Waals surface area contributed by atoms with Gasteiger partial charge in [0, 0.05) is 30.6 Å². The number of aromatic nitrogens is 3. The van der Waals surface area contributed by atoms with Crippen LogP contribution >= 0.6 is 0 Å². The van der Waals surface area contributed by atoms with Crippen LogP contribution in [0.5, 0.6) is 0 Å². The van der Waals surface area contributed by atoms with Gasteiger partial charge in [-0.3, -0.25) is 0 Å². The van der Waals surface area contributed by atoms with Crippen LogP contribution in [-0.4, -0.2) is 32.8 Å². The van der Waals surface area contributed by atoms with E-state index >= 15 is 0 Å². The zero-order valence-corrected chi connectivity index (χ0v) is 15.3. The molecule has 0 fully saturated rings. The average Bonchev–Trinajstić information content (AvgIpc) is 3.10. The lowest BCUT2D eigenvalue weighted by Gasteiger charge is -2.08. The minimum absolute atomic E-state index is 0.150. The number of aliphatic hydroxyl groups is 1. The Morgan fingerprint density at radius 2 is 1.78 bits per heavy atom. The molecule has 0 saturated heterocycles. The van der Waals surface area contributed by atoms with Crippen LogP contribution in [0.1, 0.15) is 12.0 Å². The van der Waals surface area contributed by atoms with Crippen LogP contribution in [0, 0.1) is 6.92 Å². The Hall–Kier alpha value is -3.18. The van der Waals surface area contributed by atoms with Crippen molar-refractivity contribution in [3.63, 3.8) is 0 Å². The number of fused-ring (bicyclic) bond motifs is 1. The lowest BCUT2D eigenvalue weighted by Crippen LogP contribution is -2.06. The van der Waals surface area contributed by atoms with E-state index in [0.717, 1.165) is 33.7 Å². The molecule has 0 aliphatic carbocycles. The smallest absolute Gasteiger partial charge is 0.150 e. The molecule has 5 nitrogen and oxygen atoms in total. The number of rotatable bonds is 6. The molecule has 0 aliphatic heterocycles. The Labute approximate surface area is 158 Å². The second kappa shape index (κ2) is 7.60. The third-order valence-corrected chi connectivity index (χ3v) is 4.61. The summed E-state index contributed by atoms with van der Waals surface area (Å²) in [6, 6.07) is 18.7. The van der Waals surface area contributed by atoms with E-state index in [1.165, 1.54) is 5.56 Å². The molecule has 0 aliphatic rings. The van der Waals surface area contributed by atoms with Crippen molar-refractivity contribution in [3.05, 3.63) is 72.7 Å². The van der Waals surface area contributed by atoms with Gasteiger partial charge in [0.2, 0.25) is 0 Å². The fourth-order valence-electron chi connectivity index (χ4n) is 3.22. The van der Waals surface area contributed by atoms with E-state index in [1.54, 1.807) is 6.33 Å². The van der Waals surface area contributed by atoms with Gasteiger partial charge in [-0.05, 0) is 31.0 Å². The van der Waals surface area contributed by atoms with E-state index in [0.29, 0.717) is 13.0 Å². The molecule has 0 bridgehead atoms. The Kier molecular flexibility index (Phi) is 4.85. The van der Waals surface area contributed by atoms with Crippen molar-refractivity contribution in [2.45, 2.75) is 13.3 Å². The third-order valence-electron chi connectivity index (χ3n) is 4.61. The highest BCUT2D eigenvalue weighted by Crippen LogP contribution is 2.35. The summed E-state index contributed by atoms with van der Waals surface area (Å²) in [4.78, 5) is 9.05. The van der Waals surface area contributed by atoms with Crippen LogP contribution in [0.4, 0.5) is 5.82 Å². The number of anilines is 1. The van der Waals surface area contributed by atoms with E-state index in [4.69, 9.17) is 5.11 Å². The maximum atomic E-state index is 9.09. The van der Waals surface area contributed by atoms with Gasteiger partial charge in [0.1, 0.15) is 12.1 Å². The molecule has 0 saturated carbocycles. The number of benzene rings is 2. The summed E-state index contributed by atoms with van der Waals surface area (Å²) >= 11 is 0. The molecule has 2 heterocycles. The normalized spacial score (nSPS) is 11.0. The fourth-order valence-corrected chi connectivity index (χ4v) is 3.22. The second-order valence-corrected chi connectivity index (χ2v) is 6.54. The molecule has 0 unspecified atom stereocenters. The number of aryl methyl sites for hydroxylation is 1. The van der Waals surface area contributed by atoms with Gasteiger partial charge in [0.05, 0.1) is 5.39 Å². The Balaban J connectivity index is 1.92. The van der Waals surface area contributed by atoms with Gasteiger partial charge in [0.25, 0.3) is 0 Å². The van der Waals surface area contributed by atoms with Crippen LogP contribution in [0.3, 0.4) is 0 Å². The van der Waals surface area contributed by atoms with Gasteiger partial charge in [0.15, 0.2) is 5.65 Å². The molecule has 136 valence electrons. The maximum absolute atomic E-state index is 9.09. The zero-order valence-electron chi connectivity index (χ0n) is 15.3. The van der Waals surface area contributed by atoms with E-state index in [1.807, 2.05) is 18.2 Å². The van der Waals surface area contributed by atoms with Gasteiger partial charge in [-0.1, -0.05) is 48.0 Å². The molecular formula is C22H22N4O. The molecule has 0 amide bonds. The van der Waals surface area contributed by atoms with Crippen molar-refractivity contribution >= 4 is 16.9 Å². The predicted molar refractivity (Wildman–Crippen MR) is 109 cm³/mol. The quantitative estimate of drug-likeness (QED) is 0.507. The lowest BCUT2D eigenvalue weighted by atomic mass is 10.1. The predicted octanol–water partition coefficient (Wildman–Crippen LogP) is 4.19. The molecule has 5 heteroatoms. The number of nitrogens with zero attached hydrogens (tertiary/aromatic N) is 3. The first-order valence-corrected chi connectivity index (χ1v) is 9.11. The van der Waals surface area contributed by atoms with E-state index in [2.05, 4.69) is 69.4 Å². The van der Waals surface area contributed by atoms with Crippen LogP contribution in [0.25, 0.3) is 27.8 Å². The summed E-state index contributed by atoms with van der Waals surface area (Å²) in [6.07, 6.45) is 4.38. The highest BCUT2D eigenvalue weighted by atomic mass is 16.3. The third kappa shape index (κ3) is 3.41. The number of hydrogen-bond acceptors (Lipinski definition) is 4. The molecule has 0 radical (unpaired) electrons. The summed E-state index contributed by atoms with van der Waals surface area (Å²) in [5.74, 6) is 0.790. The lowest BCUT2D eigenvalue weighted by molar-refractivity contribution is 0.292. The molecule has 0 spiro atoms. The van der Waals surface area contributed by atoms with Crippen LogP contribution in [0.2, 0.25) is 0 Å². The van der Waals surface area contributed by atoms with Gasteiger partial charge in [-0.25, -0.2) is 9.97 Å². The van der Waals surface area contributed by atoms with Crippen LogP contribution in [0.15, 0.2) is 67.1 Å². The first kappa shape index (κ1) is 17.2. The van der Waals surface area contributed by atoms with Crippen molar-refractivity contribution in [1.29, 1.82) is 0 Å². The Morgan fingerprint density at radius 1 is 1.00 bits per heavy atom. The molecule has 0 atom stereocenters. The highest BCUT2D eigenvalue weighted by molar-refractivity contribution is 6.02. The maximum Gasteiger partial charge on any atom is 0.150 e. The molecule has 27 heavy (non-hydrogen) atoms. The van der Waals surface area contributed by atoms with Crippen LogP contribution < -0.4 is 5.32 Å². The summed E-state index contributed by atoms with van der Waals surface area (Å²) < 4.78 is 2.11. The summed E-state index contributed by atoms with van der Waals surface area (Å²) in [7, 11) is 0. The molecule has 4 aromatic rings. The highest BCUT2D eigenvalue weighted by Gasteiger charge is 2.17. The minimum atomic E-state index is 0.150. The zero-order chi connectivity index (χ0) is 18.6. The van der Waals surface area contributed by atoms with Crippen molar-refractivity contribution in [1.82, 2.24) is 14.5 Å². The van der Waals surface area contributed by atoms with E-state index < -0.39 is 0 Å². The molecule has 2 N–H and O–H groups in total.